The van der Waals surface area contributed by atoms with Gasteiger partial charge in [0.25, 0.3) is 11.8 Å². The first-order chi connectivity index (χ1) is 14.0. The van der Waals surface area contributed by atoms with Gasteiger partial charge in [-0.15, -0.1) is 24.5 Å². The summed E-state index contributed by atoms with van der Waals surface area (Å²) in [5.41, 5.74) is -0.834. The second-order valence-electron chi connectivity index (χ2n) is 5.63. The first-order valence-electron chi connectivity index (χ1n) is 7.90. The third kappa shape index (κ3) is 4.83. The van der Waals surface area contributed by atoms with Crippen molar-refractivity contribution in [1.82, 2.24) is 25.2 Å². The van der Waals surface area contributed by atoms with Gasteiger partial charge in [0.05, 0.1) is 15.6 Å². The SMILES string of the molecule is Cc1nc(C(=O)Nc2c(OC(F)(F)F)ccc(C(=O)Nc3nnnn3C)c2Cl)cs1. The number of aryl methyl sites for hydroxylation is 2. The Labute approximate surface area is 175 Å². The lowest BCUT2D eigenvalue weighted by Crippen LogP contribution is -2.21. The Morgan fingerprint density at radius 1 is 1.23 bits per heavy atom. The number of aromatic nitrogens is 5. The summed E-state index contributed by atoms with van der Waals surface area (Å²) in [5, 5.41) is 16.5. The predicted molar refractivity (Wildman–Crippen MR) is 99.7 cm³/mol. The average molecular weight is 462 g/mol. The number of thiazole rings is 1. The van der Waals surface area contributed by atoms with Crippen molar-refractivity contribution in [2.45, 2.75) is 13.3 Å². The van der Waals surface area contributed by atoms with Gasteiger partial charge in [-0.25, -0.2) is 9.67 Å². The fourth-order valence-electron chi connectivity index (χ4n) is 2.21. The van der Waals surface area contributed by atoms with E-state index >= 15 is 0 Å². The molecule has 2 aromatic heterocycles. The van der Waals surface area contributed by atoms with Crippen LogP contribution in [0.5, 0.6) is 5.75 Å². The molecule has 0 bridgehead atoms. The van der Waals surface area contributed by atoms with Gasteiger partial charge < -0.3 is 10.1 Å². The van der Waals surface area contributed by atoms with E-state index in [2.05, 4.69) is 35.9 Å². The molecule has 0 saturated heterocycles. The number of benzene rings is 1. The van der Waals surface area contributed by atoms with E-state index in [-0.39, 0.29) is 17.2 Å². The molecule has 0 aliphatic heterocycles. The van der Waals surface area contributed by atoms with Crippen LogP contribution in [0.25, 0.3) is 0 Å². The van der Waals surface area contributed by atoms with E-state index < -0.39 is 34.6 Å². The summed E-state index contributed by atoms with van der Waals surface area (Å²) in [5.74, 6) is -2.49. The molecule has 0 atom stereocenters. The fourth-order valence-corrected chi connectivity index (χ4v) is 3.09. The predicted octanol–water partition coefficient (Wildman–Crippen LogP) is 3.03. The van der Waals surface area contributed by atoms with Crippen LogP contribution in [0.3, 0.4) is 0 Å². The number of rotatable bonds is 5. The largest absolute Gasteiger partial charge is 0.573 e. The first-order valence-corrected chi connectivity index (χ1v) is 9.16. The highest BCUT2D eigenvalue weighted by Gasteiger charge is 2.34. The molecule has 0 fully saturated rings. The Balaban J connectivity index is 1.97. The third-order valence-electron chi connectivity index (χ3n) is 3.51. The molecule has 15 heteroatoms. The molecule has 2 heterocycles. The van der Waals surface area contributed by atoms with Crippen molar-refractivity contribution in [3.63, 3.8) is 0 Å². The van der Waals surface area contributed by atoms with Crippen LogP contribution in [0.15, 0.2) is 17.5 Å². The smallest absolute Gasteiger partial charge is 0.404 e. The number of nitrogens with one attached hydrogen (secondary N) is 2. The molecule has 1 aromatic carbocycles. The van der Waals surface area contributed by atoms with Gasteiger partial charge in [-0.1, -0.05) is 16.7 Å². The van der Waals surface area contributed by atoms with Crippen LogP contribution in [0.4, 0.5) is 24.8 Å². The molecular weight excluding hydrogens is 451 g/mol. The minimum absolute atomic E-state index is 0.0322. The highest BCUT2D eigenvalue weighted by atomic mass is 35.5. The summed E-state index contributed by atoms with van der Waals surface area (Å²) < 4.78 is 43.4. The summed E-state index contributed by atoms with van der Waals surface area (Å²) in [7, 11) is 1.46. The molecule has 0 spiro atoms. The van der Waals surface area contributed by atoms with Crippen LogP contribution >= 0.6 is 22.9 Å². The van der Waals surface area contributed by atoms with Gasteiger partial charge in [0.15, 0.2) is 5.75 Å². The van der Waals surface area contributed by atoms with E-state index in [0.29, 0.717) is 5.01 Å². The van der Waals surface area contributed by atoms with Crippen LogP contribution in [0, 0.1) is 6.92 Å². The molecule has 2 N–H and O–H groups in total. The second kappa shape index (κ2) is 8.23. The van der Waals surface area contributed by atoms with Gasteiger partial charge in [0.2, 0.25) is 5.95 Å². The standard InChI is InChI=1S/C15H11ClF3N7O3S/c1-6-20-8(5-30-6)13(28)21-11-9(29-15(17,18)19)4-3-7(10(11)16)12(27)22-14-23-24-25-26(14)2/h3-5H,1-2H3,(H,21,28)(H,22,23,25,27). The van der Waals surface area contributed by atoms with E-state index in [4.69, 9.17) is 11.6 Å². The normalized spacial score (nSPS) is 11.3. The fraction of sp³-hybridized carbons (Fsp3) is 0.200. The van der Waals surface area contributed by atoms with Crippen molar-refractivity contribution in [3.05, 3.63) is 38.8 Å². The van der Waals surface area contributed by atoms with E-state index in [0.717, 1.165) is 16.8 Å². The number of halogens is 4. The van der Waals surface area contributed by atoms with Crippen molar-refractivity contribution in [3.8, 4) is 5.75 Å². The summed E-state index contributed by atoms with van der Waals surface area (Å²) in [6.45, 7) is 1.65. The quantitative estimate of drug-likeness (QED) is 0.598. The maximum atomic E-state index is 12.8. The number of hydrogen-bond donors (Lipinski definition) is 2. The Morgan fingerprint density at radius 2 is 1.97 bits per heavy atom. The van der Waals surface area contributed by atoms with Crippen molar-refractivity contribution in [2.75, 3.05) is 10.6 Å². The van der Waals surface area contributed by atoms with Crippen molar-refractivity contribution < 1.29 is 27.5 Å². The maximum absolute atomic E-state index is 12.8. The van der Waals surface area contributed by atoms with Gasteiger partial charge in [0, 0.05) is 12.4 Å². The van der Waals surface area contributed by atoms with Crippen molar-refractivity contribution in [1.29, 1.82) is 0 Å². The number of carbonyl (C=O) groups excluding carboxylic acids is 2. The number of anilines is 2. The van der Waals surface area contributed by atoms with Crippen LogP contribution in [0.2, 0.25) is 5.02 Å². The number of ether oxygens (including phenoxy) is 1. The van der Waals surface area contributed by atoms with Crippen LogP contribution < -0.4 is 15.4 Å². The van der Waals surface area contributed by atoms with Gasteiger partial charge >= 0.3 is 6.36 Å². The maximum Gasteiger partial charge on any atom is 0.573 e. The number of nitrogens with zero attached hydrogens (tertiary/aromatic N) is 5. The molecule has 0 unspecified atom stereocenters. The zero-order valence-electron chi connectivity index (χ0n) is 15.1. The van der Waals surface area contributed by atoms with Crippen LogP contribution in [-0.4, -0.2) is 43.4 Å². The first kappa shape index (κ1) is 21.4. The molecule has 158 valence electrons. The molecule has 0 radical (unpaired) electrons. The zero-order valence-corrected chi connectivity index (χ0v) is 16.7. The molecule has 0 aliphatic carbocycles. The van der Waals surface area contributed by atoms with Gasteiger partial charge in [-0.05, 0) is 29.5 Å². The number of amides is 2. The number of hydrogen-bond acceptors (Lipinski definition) is 8. The van der Waals surface area contributed by atoms with Crippen LogP contribution in [-0.2, 0) is 7.05 Å². The van der Waals surface area contributed by atoms with E-state index in [1.165, 1.54) is 23.8 Å². The lowest BCUT2D eigenvalue weighted by molar-refractivity contribution is -0.274. The monoisotopic (exact) mass is 461 g/mol. The molecular formula is C15H11ClF3N7O3S. The molecule has 2 amide bonds. The molecule has 0 aliphatic rings. The van der Waals surface area contributed by atoms with Gasteiger partial charge in [0.1, 0.15) is 11.4 Å². The second-order valence-corrected chi connectivity index (χ2v) is 7.07. The van der Waals surface area contributed by atoms with Gasteiger partial charge in [-0.2, -0.15) is 0 Å². The summed E-state index contributed by atoms with van der Waals surface area (Å²) >= 11 is 7.33. The Bertz CT molecular complexity index is 1120. The Kier molecular flexibility index (Phi) is 5.89. The minimum atomic E-state index is -5.06. The highest BCUT2D eigenvalue weighted by Crippen LogP contribution is 2.38. The molecule has 3 rings (SSSR count). The average Bonchev–Trinajstić information content (AvgIpc) is 3.25. The van der Waals surface area contributed by atoms with E-state index in [1.54, 1.807) is 6.92 Å². The highest BCUT2D eigenvalue weighted by molar-refractivity contribution is 7.09. The van der Waals surface area contributed by atoms with Crippen molar-refractivity contribution >= 4 is 46.4 Å². The number of alkyl halides is 3. The zero-order chi connectivity index (χ0) is 22.1. The molecule has 10 nitrogen and oxygen atoms in total. The third-order valence-corrected chi connectivity index (χ3v) is 4.68. The molecule has 3 aromatic rings. The van der Waals surface area contributed by atoms with Crippen LogP contribution in [0.1, 0.15) is 25.9 Å². The van der Waals surface area contributed by atoms with Crippen molar-refractivity contribution in [2.24, 2.45) is 7.05 Å². The molecule has 30 heavy (non-hydrogen) atoms. The Morgan fingerprint density at radius 3 is 2.53 bits per heavy atom. The number of carbonyl (C=O) groups is 2. The summed E-state index contributed by atoms with van der Waals surface area (Å²) in [6.07, 6.45) is -5.06. The van der Waals surface area contributed by atoms with Gasteiger partial charge in [-0.3, -0.25) is 14.9 Å². The van der Waals surface area contributed by atoms with E-state index in [1.807, 2.05) is 0 Å². The Hall–Kier alpha value is -3.26. The van der Waals surface area contributed by atoms with E-state index in [9.17, 15) is 22.8 Å². The lowest BCUT2D eigenvalue weighted by atomic mass is 10.1. The minimum Gasteiger partial charge on any atom is -0.404 e. The molecule has 0 saturated carbocycles. The topological polar surface area (TPSA) is 124 Å². The summed E-state index contributed by atoms with van der Waals surface area (Å²) in [6, 6.07) is 1.86. The number of tetrazole rings is 1. The lowest BCUT2D eigenvalue weighted by Gasteiger charge is -2.17. The summed E-state index contributed by atoms with van der Waals surface area (Å²) in [4.78, 5) is 28.8.